The average Bonchev–Trinajstić information content (AvgIpc) is 1.85. The topological polar surface area (TPSA) is 24.5 Å². The van der Waals surface area contributed by atoms with Crippen molar-refractivity contribution in [2.75, 3.05) is 33.9 Å². The SMILES string of the molecule is CC1COC[C@H](CN(C)C)N1.[HH]. The van der Waals surface area contributed by atoms with Crippen LogP contribution in [0, 0.1) is 0 Å². The van der Waals surface area contributed by atoms with Gasteiger partial charge in [-0.1, -0.05) is 0 Å². The van der Waals surface area contributed by atoms with Gasteiger partial charge in [0.2, 0.25) is 0 Å². The maximum absolute atomic E-state index is 5.41. The number of ether oxygens (including phenoxy) is 1. The first-order chi connectivity index (χ1) is 5.18. The van der Waals surface area contributed by atoms with Crippen molar-refractivity contribution < 1.29 is 6.16 Å². The molecule has 3 nitrogen and oxygen atoms in total. The average molecular weight is 160 g/mol. The molecule has 0 amide bonds. The van der Waals surface area contributed by atoms with Crippen molar-refractivity contribution in [2.24, 2.45) is 0 Å². The Hall–Kier alpha value is -0.120. The van der Waals surface area contributed by atoms with E-state index in [1.807, 2.05) is 0 Å². The van der Waals surface area contributed by atoms with E-state index in [-0.39, 0.29) is 1.43 Å². The maximum atomic E-state index is 5.41. The number of nitrogens with one attached hydrogen (secondary N) is 1. The van der Waals surface area contributed by atoms with Crippen molar-refractivity contribution in [3.8, 4) is 0 Å². The van der Waals surface area contributed by atoms with E-state index in [2.05, 4.69) is 31.2 Å². The van der Waals surface area contributed by atoms with Crippen LogP contribution in [-0.2, 0) is 4.74 Å². The summed E-state index contributed by atoms with van der Waals surface area (Å²) in [6, 6.07) is 1.02. The lowest BCUT2D eigenvalue weighted by atomic mass is 10.2. The summed E-state index contributed by atoms with van der Waals surface area (Å²) in [4.78, 5) is 2.18. The van der Waals surface area contributed by atoms with Crippen LogP contribution in [0.2, 0.25) is 0 Å². The van der Waals surface area contributed by atoms with Crippen molar-refractivity contribution in [1.82, 2.24) is 10.2 Å². The summed E-state index contributed by atoms with van der Waals surface area (Å²) in [6.45, 7) is 4.92. The van der Waals surface area contributed by atoms with E-state index in [0.717, 1.165) is 19.8 Å². The Morgan fingerprint density at radius 2 is 2.27 bits per heavy atom. The summed E-state index contributed by atoms with van der Waals surface area (Å²) in [7, 11) is 4.17. The molecule has 1 fully saturated rings. The summed E-state index contributed by atoms with van der Waals surface area (Å²) in [5, 5.41) is 3.48. The summed E-state index contributed by atoms with van der Waals surface area (Å²) in [5.41, 5.74) is 0. The van der Waals surface area contributed by atoms with E-state index in [0.29, 0.717) is 12.1 Å². The monoisotopic (exact) mass is 160 g/mol. The van der Waals surface area contributed by atoms with E-state index in [4.69, 9.17) is 4.74 Å². The van der Waals surface area contributed by atoms with Gasteiger partial charge in [0.15, 0.2) is 0 Å². The third-order valence-electron chi connectivity index (χ3n) is 1.79. The summed E-state index contributed by atoms with van der Waals surface area (Å²) in [5.74, 6) is 0. The molecule has 0 spiro atoms. The van der Waals surface area contributed by atoms with Crippen molar-refractivity contribution in [3.05, 3.63) is 0 Å². The summed E-state index contributed by atoms with van der Waals surface area (Å²) in [6.07, 6.45) is 0. The molecule has 0 saturated carbocycles. The lowest BCUT2D eigenvalue weighted by Crippen LogP contribution is -2.51. The summed E-state index contributed by atoms with van der Waals surface area (Å²) >= 11 is 0. The number of nitrogens with zero attached hydrogens (tertiary/aromatic N) is 1. The molecule has 0 radical (unpaired) electrons. The molecule has 1 N–H and O–H groups in total. The zero-order valence-electron chi connectivity index (χ0n) is 7.63. The molecule has 1 heterocycles. The molecule has 1 aliphatic heterocycles. The molecule has 0 aromatic carbocycles. The first-order valence-electron chi connectivity index (χ1n) is 4.17. The molecule has 1 rings (SSSR count). The van der Waals surface area contributed by atoms with Crippen LogP contribution in [0.4, 0.5) is 0 Å². The van der Waals surface area contributed by atoms with Gasteiger partial charge >= 0.3 is 0 Å². The van der Waals surface area contributed by atoms with Crippen LogP contribution in [0.3, 0.4) is 0 Å². The minimum absolute atomic E-state index is 0. The Balaban J connectivity index is 0.00000121. The molecular weight excluding hydrogens is 140 g/mol. The number of likely N-dealkylation sites (N-methyl/N-ethyl adjacent to an activating group) is 1. The van der Waals surface area contributed by atoms with Gasteiger partial charge in [0, 0.05) is 20.1 Å². The predicted octanol–water partition coefficient (Wildman–Crippen LogP) is 0.171. The lowest BCUT2D eigenvalue weighted by Gasteiger charge is -2.30. The number of hydrogen-bond donors (Lipinski definition) is 1. The second-order valence-corrected chi connectivity index (χ2v) is 3.56. The van der Waals surface area contributed by atoms with Crippen LogP contribution in [-0.4, -0.2) is 50.8 Å². The normalized spacial score (nSPS) is 32.7. The molecule has 68 valence electrons. The third-order valence-corrected chi connectivity index (χ3v) is 1.79. The smallest absolute Gasteiger partial charge is 0.0633 e. The highest BCUT2D eigenvalue weighted by Crippen LogP contribution is 1.99. The highest BCUT2D eigenvalue weighted by Gasteiger charge is 2.17. The fourth-order valence-electron chi connectivity index (χ4n) is 1.43. The minimum atomic E-state index is 0. The fraction of sp³-hybridized carbons (Fsp3) is 1.00. The predicted molar refractivity (Wildman–Crippen MR) is 47.9 cm³/mol. The molecule has 0 bridgehead atoms. The zero-order valence-corrected chi connectivity index (χ0v) is 7.63. The quantitative estimate of drug-likeness (QED) is 0.623. The molecule has 0 aromatic rings. The zero-order chi connectivity index (χ0) is 8.27. The Labute approximate surface area is 70.2 Å². The second kappa shape index (κ2) is 4.04. The molecule has 11 heavy (non-hydrogen) atoms. The molecular formula is C8H20N2O. The molecule has 0 aromatic heterocycles. The molecule has 2 atom stereocenters. The fourth-order valence-corrected chi connectivity index (χ4v) is 1.43. The van der Waals surface area contributed by atoms with Gasteiger partial charge in [0.25, 0.3) is 0 Å². The minimum Gasteiger partial charge on any atom is -0.378 e. The maximum Gasteiger partial charge on any atom is 0.0633 e. The second-order valence-electron chi connectivity index (χ2n) is 3.56. The highest BCUT2D eigenvalue weighted by atomic mass is 16.5. The molecule has 1 aliphatic rings. The van der Waals surface area contributed by atoms with Crippen molar-refractivity contribution in [3.63, 3.8) is 0 Å². The van der Waals surface area contributed by atoms with E-state index in [1.54, 1.807) is 0 Å². The van der Waals surface area contributed by atoms with Gasteiger partial charge in [-0.2, -0.15) is 0 Å². The Bertz CT molecular complexity index is 120. The highest BCUT2D eigenvalue weighted by molar-refractivity contribution is 4.77. The Morgan fingerprint density at radius 3 is 2.82 bits per heavy atom. The van der Waals surface area contributed by atoms with E-state index >= 15 is 0 Å². The van der Waals surface area contributed by atoms with Gasteiger partial charge < -0.3 is 15.0 Å². The van der Waals surface area contributed by atoms with E-state index < -0.39 is 0 Å². The van der Waals surface area contributed by atoms with E-state index in [1.165, 1.54) is 0 Å². The first-order valence-corrected chi connectivity index (χ1v) is 4.17. The van der Waals surface area contributed by atoms with Gasteiger partial charge in [-0.25, -0.2) is 0 Å². The van der Waals surface area contributed by atoms with Crippen LogP contribution in [0.5, 0.6) is 0 Å². The van der Waals surface area contributed by atoms with Gasteiger partial charge in [-0.05, 0) is 21.0 Å². The molecule has 1 unspecified atom stereocenters. The van der Waals surface area contributed by atoms with Crippen molar-refractivity contribution >= 4 is 0 Å². The van der Waals surface area contributed by atoms with Gasteiger partial charge in [-0.3, -0.25) is 0 Å². The van der Waals surface area contributed by atoms with Crippen LogP contribution >= 0.6 is 0 Å². The number of hydrogen-bond acceptors (Lipinski definition) is 3. The van der Waals surface area contributed by atoms with Gasteiger partial charge in [0.05, 0.1) is 13.2 Å². The van der Waals surface area contributed by atoms with Crippen LogP contribution in [0.15, 0.2) is 0 Å². The Morgan fingerprint density at radius 1 is 1.55 bits per heavy atom. The van der Waals surface area contributed by atoms with Crippen LogP contribution < -0.4 is 5.32 Å². The lowest BCUT2D eigenvalue weighted by molar-refractivity contribution is 0.0430. The molecule has 0 aliphatic carbocycles. The largest absolute Gasteiger partial charge is 0.378 e. The van der Waals surface area contributed by atoms with Crippen molar-refractivity contribution in [2.45, 2.75) is 19.0 Å². The Kier molecular flexibility index (Phi) is 3.30. The van der Waals surface area contributed by atoms with Gasteiger partial charge in [0.1, 0.15) is 0 Å². The third kappa shape index (κ3) is 3.18. The molecule has 3 heteroatoms. The standard InChI is InChI=1S/C8H18N2O.H2/c1-7-5-11-6-8(9-7)4-10(2)3;/h7-9H,4-6H2,1-3H3;1H/t7?,8-;/m0./s1. The van der Waals surface area contributed by atoms with Gasteiger partial charge in [-0.15, -0.1) is 0 Å². The summed E-state index contributed by atoms with van der Waals surface area (Å²) < 4.78 is 5.41. The molecule has 1 saturated heterocycles. The van der Waals surface area contributed by atoms with Crippen LogP contribution in [0.1, 0.15) is 8.35 Å². The van der Waals surface area contributed by atoms with E-state index in [9.17, 15) is 0 Å². The first kappa shape index (κ1) is 8.97. The van der Waals surface area contributed by atoms with Crippen LogP contribution in [0.25, 0.3) is 0 Å². The van der Waals surface area contributed by atoms with Crippen molar-refractivity contribution in [1.29, 1.82) is 0 Å². The number of morpholine rings is 1. The number of rotatable bonds is 2.